The molecule has 0 aromatic heterocycles. The quantitative estimate of drug-likeness (QED) is 0.645. The number of carbonyl (C=O) groups excluding carboxylic acids is 2. The van der Waals surface area contributed by atoms with Crippen LogP contribution in [-0.2, 0) is 9.53 Å². The summed E-state index contributed by atoms with van der Waals surface area (Å²) < 4.78 is 5.02. The molecule has 114 valence electrons. The number of nitrogen functional groups attached to an aromatic ring is 2. The van der Waals surface area contributed by atoms with Crippen LogP contribution in [0.1, 0.15) is 30.1 Å². The molecule has 1 aliphatic heterocycles. The van der Waals surface area contributed by atoms with E-state index in [1.54, 1.807) is 30.0 Å². The molecule has 0 unspecified atom stereocenters. The van der Waals surface area contributed by atoms with Gasteiger partial charge in [0.15, 0.2) is 0 Å². The Kier molecular flexibility index (Phi) is 4.67. The van der Waals surface area contributed by atoms with Gasteiger partial charge in [0.2, 0.25) is 0 Å². The van der Waals surface area contributed by atoms with Gasteiger partial charge in [0.1, 0.15) is 0 Å². The molecule has 0 atom stereocenters. The summed E-state index contributed by atoms with van der Waals surface area (Å²) in [4.78, 5) is 25.8. The largest absolute Gasteiger partial charge is 0.466 e. The predicted molar refractivity (Wildman–Crippen MR) is 80.5 cm³/mol. The van der Waals surface area contributed by atoms with Gasteiger partial charge in [0.05, 0.1) is 12.5 Å². The summed E-state index contributed by atoms with van der Waals surface area (Å²) in [5.41, 5.74) is 12.9. The van der Waals surface area contributed by atoms with Gasteiger partial charge in [0.25, 0.3) is 5.91 Å². The Balaban J connectivity index is 1.98. The third-order valence-corrected chi connectivity index (χ3v) is 3.63. The van der Waals surface area contributed by atoms with E-state index in [0.29, 0.717) is 49.5 Å². The van der Waals surface area contributed by atoms with E-state index in [9.17, 15) is 9.59 Å². The molecule has 1 amide bonds. The Morgan fingerprint density at radius 2 is 1.76 bits per heavy atom. The molecule has 4 N–H and O–H groups in total. The number of rotatable bonds is 3. The summed E-state index contributed by atoms with van der Waals surface area (Å²) in [7, 11) is 0. The molecule has 1 aliphatic rings. The van der Waals surface area contributed by atoms with Crippen molar-refractivity contribution in [1.29, 1.82) is 0 Å². The maximum absolute atomic E-state index is 12.4. The lowest BCUT2D eigenvalue weighted by molar-refractivity contribution is -0.149. The third kappa shape index (κ3) is 3.65. The molecule has 0 radical (unpaired) electrons. The smallest absolute Gasteiger partial charge is 0.309 e. The molecule has 6 heteroatoms. The Labute approximate surface area is 124 Å². The van der Waals surface area contributed by atoms with Crippen molar-refractivity contribution in [3.8, 4) is 0 Å². The monoisotopic (exact) mass is 291 g/mol. The fraction of sp³-hybridized carbons (Fsp3) is 0.467. The van der Waals surface area contributed by atoms with Gasteiger partial charge in [-0.1, -0.05) is 0 Å². The van der Waals surface area contributed by atoms with Gasteiger partial charge in [-0.15, -0.1) is 0 Å². The fourth-order valence-corrected chi connectivity index (χ4v) is 2.56. The first-order valence-corrected chi connectivity index (χ1v) is 7.13. The minimum Gasteiger partial charge on any atom is -0.466 e. The molecule has 1 aromatic rings. The molecule has 1 aromatic carbocycles. The summed E-state index contributed by atoms with van der Waals surface area (Å²) in [6.45, 7) is 3.26. The van der Waals surface area contributed by atoms with E-state index in [1.165, 1.54) is 0 Å². The van der Waals surface area contributed by atoms with Crippen LogP contribution in [0, 0.1) is 5.92 Å². The number of piperidine rings is 1. The second-order valence-electron chi connectivity index (χ2n) is 5.21. The molecule has 0 saturated carbocycles. The van der Waals surface area contributed by atoms with Crippen molar-refractivity contribution >= 4 is 23.3 Å². The van der Waals surface area contributed by atoms with Crippen LogP contribution in [0.2, 0.25) is 0 Å². The Hall–Kier alpha value is -2.24. The van der Waals surface area contributed by atoms with Crippen molar-refractivity contribution in [2.75, 3.05) is 31.2 Å². The maximum atomic E-state index is 12.4. The molecule has 0 spiro atoms. The zero-order chi connectivity index (χ0) is 15.4. The van der Waals surface area contributed by atoms with Gasteiger partial charge in [0, 0.05) is 30.0 Å². The van der Waals surface area contributed by atoms with Crippen LogP contribution in [0.15, 0.2) is 18.2 Å². The third-order valence-electron chi connectivity index (χ3n) is 3.63. The molecule has 2 rings (SSSR count). The summed E-state index contributed by atoms with van der Waals surface area (Å²) in [6, 6.07) is 4.86. The van der Waals surface area contributed by atoms with E-state index in [1.807, 2.05) is 0 Å². The number of anilines is 2. The number of hydrogen-bond donors (Lipinski definition) is 2. The van der Waals surface area contributed by atoms with E-state index >= 15 is 0 Å². The van der Waals surface area contributed by atoms with E-state index in [-0.39, 0.29) is 17.8 Å². The average Bonchev–Trinajstić information content (AvgIpc) is 2.46. The van der Waals surface area contributed by atoms with Crippen LogP contribution in [-0.4, -0.2) is 36.5 Å². The summed E-state index contributed by atoms with van der Waals surface area (Å²) in [5.74, 6) is -0.381. The number of amides is 1. The van der Waals surface area contributed by atoms with Gasteiger partial charge in [-0.05, 0) is 38.0 Å². The topological polar surface area (TPSA) is 98.6 Å². The molecule has 1 fully saturated rings. The van der Waals surface area contributed by atoms with Crippen LogP contribution in [0.5, 0.6) is 0 Å². The first-order chi connectivity index (χ1) is 10.0. The average molecular weight is 291 g/mol. The molecular formula is C15H21N3O3. The van der Waals surface area contributed by atoms with Crippen molar-refractivity contribution in [2.45, 2.75) is 19.8 Å². The van der Waals surface area contributed by atoms with Gasteiger partial charge in [-0.25, -0.2) is 0 Å². The maximum Gasteiger partial charge on any atom is 0.309 e. The van der Waals surface area contributed by atoms with Crippen molar-refractivity contribution in [2.24, 2.45) is 5.92 Å². The molecule has 6 nitrogen and oxygen atoms in total. The molecule has 0 bridgehead atoms. The number of benzene rings is 1. The minimum atomic E-state index is -0.169. The lowest BCUT2D eigenvalue weighted by atomic mass is 9.96. The van der Waals surface area contributed by atoms with Crippen molar-refractivity contribution < 1.29 is 14.3 Å². The number of nitrogens with zero attached hydrogens (tertiary/aromatic N) is 1. The molecule has 21 heavy (non-hydrogen) atoms. The Morgan fingerprint density at radius 3 is 2.29 bits per heavy atom. The van der Waals surface area contributed by atoms with Gasteiger partial charge in [-0.3, -0.25) is 9.59 Å². The number of nitrogens with two attached hydrogens (primary N) is 2. The first kappa shape index (κ1) is 15.2. The van der Waals surface area contributed by atoms with Gasteiger partial charge < -0.3 is 21.1 Å². The zero-order valence-electron chi connectivity index (χ0n) is 12.2. The minimum absolute atomic E-state index is 0.101. The number of esters is 1. The van der Waals surface area contributed by atoms with Crippen molar-refractivity contribution in [1.82, 2.24) is 4.90 Å². The van der Waals surface area contributed by atoms with Crippen LogP contribution in [0.25, 0.3) is 0 Å². The summed E-state index contributed by atoms with van der Waals surface area (Å²) >= 11 is 0. The SMILES string of the molecule is CCOC(=O)C1CCN(C(=O)c2cc(N)cc(N)c2)CC1. The zero-order valence-corrected chi connectivity index (χ0v) is 12.2. The van der Waals surface area contributed by atoms with Crippen molar-refractivity contribution in [3.63, 3.8) is 0 Å². The van der Waals surface area contributed by atoms with E-state index < -0.39 is 0 Å². The van der Waals surface area contributed by atoms with Gasteiger partial charge >= 0.3 is 5.97 Å². The Morgan fingerprint density at radius 1 is 1.19 bits per heavy atom. The van der Waals surface area contributed by atoms with E-state index in [4.69, 9.17) is 16.2 Å². The highest BCUT2D eigenvalue weighted by Gasteiger charge is 2.28. The fourth-order valence-electron chi connectivity index (χ4n) is 2.56. The molecular weight excluding hydrogens is 270 g/mol. The van der Waals surface area contributed by atoms with Crippen molar-refractivity contribution in [3.05, 3.63) is 23.8 Å². The lowest BCUT2D eigenvalue weighted by Crippen LogP contribution is -2.40. The summed E-state index contributed by atoms with van der Waals surface area (Å²) in [5, 5.41) is 0. The second kappa shape index (κ2) is 6.47. The highest BCUT2D eigenvalue weighted by Crippen LogP contribution is 2.22. The molecule has 0 aliphatic carbocycles. The lowest BCUT2D eigenvalue weighted by Gasteiger charge is -2.31. The van der Waals surface area contributed by atoms with Crippen LogP contribution >= 0.6 is 0 Å². The highest BCUT2D eigenvalue weighted by atomic mass is 16.5. The second-order valence-corrected chi connectivity index (χ2v) is 5.21. The van der Waals surface area contributed by atoms with Crippen LogP contribution in [0.3, 0.4) is 0 Å². The molecule has 1 saturated heterocycles. The summed E-state index contributed by atoms with van der Waals surface area (Å²) in [6.07, 6.45) is 1.25. The normalized spacial score (nSPS) is 15.8. The van der Waals surface area contributed by atoms with Crippen LogP contribution in [0.4, 0.5) is 11.4 Å². The standard InChI is InChI=1S/C15H21N3O3/c1-2-21-15(20)10-3-5-18(6-4-10)14(19)11-7-12(16)9-13(17)8-11/h7-10H,2-6,16-17H2,1H3. The molecule has 1 heterocycles. The highest BCUT2D eigenvalue weighted by molar-refractivity contribution is 5.96. The number of carbonyl (C=O) groups is 2. The number of ether oxygens (including phenoxy) is 1. The van der Waals surface area contributed by atoms with E-state index in [0.717, 1.165) is 0 Å². The number of hydrogen-bond acceptors (Lipinski definition) is 5. The van der Waals surface area contributed by atoms with Crippen LogP contribution < -0.4 is 11.5 Å². The van der Waals surface area contributed by atoms with Gasteiger partial charge in [-0.2, -0.15) is 0 Å². The van der Waals surface area contributed by atoms with E-state index in [2.05, 4.69) is 0 Å². The Bertz CT molecular complexity index is 517. The predicted octanol–water partition coefficient (Wildman–Crippen LogP) is 1.27. The number of likely N-dealkylation sites (tertiary alicyclic amines) is 1. The first-order valence-electron chi connectivity index (χ1n) is 7.13.